The van der Waals surface area contributed by atoms with Gasteiger partial charge in [-0.15, -0.1) is 11.3 Å². The molecule has 0 saturated carbocycles. The molecule has 3 heterocycles. The first-order valence-corrected chi connectivity index (χ1v) is 15.2. The van der Waals surface area contributed by atoms with Gasteiger partial charge in [0, 0.05) is 40.3 Å². The van der Waals surface area contributed by atoms with Gasteiger partial charge in [0.1, 0.15) is 10.8 Å². The third kappa shape index (κ3) is 5.55. The van der Waals surface area contributed by atoms with Crippen LogP contribution in [0.25, 0.3) is 10.9 Å². The van der Waals surface area contributed by atoms with Crippen molar-refractivity contribution in [2.45, 2.75) is 53.1 Å². The lowest BCUT2D eigenvalue weighted by Crippen LogP contribution is -2.28. The van der Waals surface area contributed by atoms with E-state index < -0.39 is 0 Å². The van der Waals surface area contributed by atoms with Crippen LogP contribution in [0.2, 0.25) is 0 Å². The Morgan fingerprint density at radius 1 is 1.17 bits per heavy atom. The van der Waals surface area contributed by atoms with Gasteiger partial charge in [0.05, 0.1) is 30.0 Å². The van der Waals surface area contributed by atoms with Crippen LogP contribution in [0.5, 0.6) is 0 Å². The number of para-hydroxylation sites is 1. The molecule has 1 atom stereocenters. The van der Waals surface area contributed by atoms with Crippen LogP contribution in [0.3, 0.4) is 0 Å². The summed E-state index contributed by atoms with van der Waals surface area (Å²) < 4.78 is 7.60. The summed E-state index contributed by atoms with van der Waals surface area (Å²) in [6, 6.07) is 21.9. The van der Waals surface area contributed by atoms with Crippen LogP contribution >= 0.6 is 11.3 Å². The smallest absolute Gasteiger partial charge is 0.255 e. The second-order valence-electron chi connectivity index (χ2n) is 12.0. The summed E-state index contributed by atoms with van der Waals surface area (Å²) in [7, 11) is 0. The third-order valence-corrected chi connectivity index (χ3v) is 9.48. The number of aromatic nitrogens is 1. The Bertz CT molecular complexity index is 1810. The fourth-order valence-corrected chi connectivity index (χ4v) is 7.16. The summed E-state index contributed by atoms with van der Waals surface area (Å²) in [5, 5.41) is 14.5. The van der Waals surface area contributed by atoms with E-state index in [1.807, 2.05) is 54.7 Å². The number of benzene rings is 2. The van der Waals surface area contributed by atoms with E-state index >= 15 is 0 Å². The van der Waals surface area contributed by atoms with E-state index in [1.165, 1.54) is 4.88 Å². The zero-order chi connectivity index (χ0) is 29.3. The minimum absolute atomic E-state index is 0.110. The molecule has 1 amide bonds. The highest BCUT2D eigenvalue weighted by molar-refractivity contribution is 7.16. The van der Waals surface area contributed by atoms with Crippen molar-refractivity contribution < 1.29 is 9.21 Å². The SMILES string of the molecule is CC(C)(C)[C@@H]1CCc2c(sc(N=Cc3cn(Cc4ccccc4C#N)c4ccccc34)c2C(=O)NCc2ccco2)C1. The Morgan fingerprint density at radius 2 is 1.98 bits per heavy atom. The van der Waals surface area contributed by atoms with Crippen molar-refractivity contribution in [3.05, 3.63) is 112 Å². The molecule has 0 spiro atoms. The molecule has 0 fully saturated rings. The van der Waals surface area contributed by atoms with Gasteiger partial charge < -0.3 is 14.3 Å². The Kier molecular flexibility index (Phi) is 7.57. The Labute approximate surface area is 250 Å². The topological polar surface area (TPSA) is 83.3 Å². The number of nitriles is 1. The summed E-state index contributed by atoms with van der Waals surface area (Å²) in [5.74, 6) is 1.17. The van der Waals surface area contributed by atoms with Gasteiger partial charge in [-0.2, -0.15) is 5.26 Å². The molecule has 3 aromatic heterocycles. The number of hydrogen-bond acceptors (Lipinski definition) is 5. The number of furan rings is 1. The normalized spacial score (nSPS) is 15.1. The summed E-state index contributed by atoms with van der Waals surface area (Å²) in [4.78, 5) is 19.9. The highest BCUT2D eigenvalue weighted by atomic mass is 32.1. The molecule has 6 nitrogen and oxygen atoms in total. The average Bonchev–Trinajstić information content (AvgIpc) is 3.72. The van der Waals surface area contributed by atoms with E-state index in [2.05, 4.69) is 55.1 Å². The molecule has 42 heavy (non-hydrogen) atoms. The van der Waals surface area contributed by atoms with Crippen LogP contribution in [-0.4, -0.2) is 16.7 Å². The molecule has 0 saturated heterocycles. The fraction of sp³-hybridized carbons (Fsp3) is 0.286. The first-order valence-electron chi connectivity index (χ1n) is 14.4. The molecule has 0 bridgehead atoms. The molecule has 0 unspecified atom stereocenters. The maximum absolute atomic E-state index is 13.6. The molecule has 0 aliphatic heterocycles. The van der Waals surface area contributed by atoms with Gasteiger partial charge >= 0.3 is 0 Å². The van der Waals surface area contributed by atoms with E-state index in [-0.39, 0.29) is 11.3 Å². The number of hydrogen-bond donors (Lipinski definition) is 1. The molecule has 5 aromatic rings. The number of nitrogens with one attached hydrogen (secondary N) is 1. The predicted molar refractivity (Wildman–Crippen MR) is 169 cm³/mol. The predicted octanol–water partition coefficient (Wildman–Crippen LogP) is 8.05. The van der Waals surface area contributed by atoms with Gasteiger partial charge in [0.2, 0.25) is 0 Å². The largest absolute Gasteiger partial charge is 0.467 e. The first kappa shape index (κ1) is 27.7. The number of amides is 1. The van der Waals surface area contributed by atoms with E-state index in [0.717, 1.165) is 57.6 Å². The quantitative estimate of drug-likeness (QED) is 0.200. The van der Waals surface area contributed by atoms with Crippen molar-refractivity contribution in [3.8, 4) is 6.07 Å². The van der Waals surface area contributed by atoms with E-state index in [9.17, 15) is 10.1 Å². The van der Waals surface area contributed by atoms with Crippen LogP contribution in [-0.2, 0) is 25.9 Å². The van der Waals surface area contributed by atoms with Gasteiger partial charge in [-0.25, -0.2) is 4.99 Å². The molecular formula is C35H34N4O2S. The van der Waals surface area contributed by atoms with Gasteiger partial charge in [0.25, 0.3) is 5.91 Å². The lowest BCUT2D eigenvalue weighted by molar-refractivity contribution is 0.0947. The van der Waals surface area contributed by atoms with Crippen molar-refractivity contribution in [2.75, 3.05) is 0 Å². The van der Waals surface area contributed by atoms with Crippen molar-refractivity contribution >= 4 is 39.4 Å². The van der Waals surface area contributed by atoms with Crippen molar-refractivity contribution in [3.63, 3.8) is 0 Å². The number of carbonyl (C=O) groups excluding carboxylic acids is 1. The van der Waals surface area contributed by atoms with E-state index in [1.54, 1.807) is 17.6 Å². The molecule has 212 valence electrons. The maximum Gasteiger partial charge on any atom is 0.255 e. The van der Waals surface area contributed by atoms with Crippen molar-refractivity contribution in [2.24, 2.45) is 16.3 Å². The summed E-state index contributed by atoms with van der Waals surface area (Å²) in [6.07, 6.45) is 8.50. The fourth-order valence-electron chi connectivity index (χ4n) is 5.89. The average molecular weight is 575 g/mol. The molecule has 7 heteroatoms. The third-order valence-electron chi connectivity index (χ3n) is 8.32. The zero-order valence-corrected chi connectivity index (χ0v) is 25.0. The molecule has 2 aromatic carbocycles. The minimum atomic E-state index is -0.110. The molecule has 1 N–H and O–H groups in total. The Hall–Kier alpha value is -4.41. The van der Waals surface area contributed by atoms with Crippen molar-refractivity contribution in [1.29, 1.82) is 5.26 Å². The van der Waals surface area contributed by atoms with Crippen LogP contribution in [0.4, 0.5) is 5.00 Å². The molecule has 6 rings (SSSR count). The van der Waals surface area contributed by atoms with Crippen molar-refractivity contribution in [1.82, 2.24) is 9.88 Å². The molecule has 1 aliphatic rings. The highest BCUT2D eigenvalue weighted by Gasteiger charge is 2.33. The Balaban J connectivity index is 1.36. The van der Waals surface area contributed by atoms with E-state index in [0.29, 0.717) is 30.1 Å². The van der Waals surface area contributed by atoms with Crippen LogP contribution in [0.1, 0.15) is 70.4 Å². The molecule has 0 radical (unpaired) electrons. The van der Waals surface area contributed by atoms with Gasteiger partial charge in [-0.3, -0.25) is 4.79 Å². The Morgan fingerprint density at radius 3 is 2.76 bits per heavy atom. The summed E-state index contributed by atoms with van der Waals surface area (Å²) >= 11 is 1.65. The standard InChI is InChI=1S/C35H34N4O2S/c1-35(2,3)26-14-15-29-31(17-26)42-34(32(29)33(40)37-20-27-11-8-16-41-27)38-19-25-22-39(30-13-7-6-12-28(25)30)21-24-10-5-4-9-23(24)18-36/h4-13,16,19,22,26H,14-15,17,20-21H2,1-3H3,(H,37,40)/t26-/m1/s1. The lowest BCUT2D eigenvalue weighted by Gasteiger charge is -2.33. The van der Waals surface area contributed by atoms with Crippen LogP contribution < -0.4 is 5.32 Å². The van der Waals surface area contributed by atoms with E-state index in [4.69, 9.17) is 9.41 Å². The van der Waals surface area contributed by atoms with Gasteiger partial charge in [-0.05, 0) is 66.0 Å². The number of nitrogens with zero attached hydrogens (tertiary/aromatic N) is 3. The second-order valence-corrected chi connectivity index (χ2v) is 13.1. The molecular weight excluding hydrogens is 540 g/mol. The lowest BCUT2D eigenvalue weighted by atomic mass is 9.72. The zero-order valence-electron chi connectivity index (χ0n) is 24.2. The molecule has 1 aliphatic carbocycles. The first-order chi connectivity index (χ1) is 20.3. The highest BCUT2D eigenvalue weighted by Crippen LogP contribution is 2.45. The van der Waals surface area contributed by atoms with Gasteiger partial charge in [-0.1, -0.05) is 57.2 Å². The maximum atomic E-state index is 13.6. The monoisotopic (exact) mass is 574 g/mol. The number of carbonyl (C=O) groups is 1. The second kappa shape index (κ2) is 11.5. The number of thiophene rings is 1. The number of rotatable bonds is 7. The van der Waals surface area contributed by atoms with Gasteiger partial charge in [0.15, 0.2) is 0 Å². The van der Waals surface area contributed by atoms with Crippen LogP contribution in [0, 0.1) is 22.7 Å². The summed E-state index contributed by atoms with van der Waals surface area (Å²) in [6.45, 7) is 7.83. The number of aliphatic imine (C=N–C) groups is 1. The number of fused-ring (bicyclic) bond motifs is 2. The minimum Gasteiger partial charge on any atom is -0.467 e. The van der Waals surface area contributed by atoms with Crippen LogP contribution in [0.15, 0.2) is 82.5 Å². The summed E-state index contributed by atoms with van der Waals surface area (Å²) in [5.41, 5.74) is 5.73.